The standard InChI is InChI=1S/C23H26ClN3O2/c1-15-2-7-19(24)12-21(15)27-11-10-16(14-27)13-25-22(28)17-5-8-20(9-6-17)26-23(29)18-3-4-18/h2,5-9,12,16,18H,3-4,10-11,13-14H2,1H3,(H,25,28)(H,26,29). The summed E-state index contributed by atoms with van der Waals surface area (Å²) in [5.74, 6) is 0.569. The van der Waals surface area contributed by atoms with Crippen LogP contribution in [0.15, 0.2) is 42.5 Å². The SMILES string of the molecule is Cc1ccc(Cl)cc1N1CCC(CNC(=O)c2ccc(NC(=O)C3CC3)cc2)C1. The van der Waals surface area contributed by atoms with Crippen molar-refractivity contribution in [3.8, 4) is 0 Å². The Hall–Kier alpha value is -2.53. The number of nitrogens with one attached hydrogen (secondary N) is 2. The van der Waals surface area contributed by atoms with Gasteiger partial charge in [0.1, 0.15) is 0 Å². The summed E-state index contributed by atoms with van der Waals surface area (Å²) in [6.45, 7) is 4.62. The zero-order chi connectivity index (χ0) is 20.4. The molecule has 5 nitrogen and oxygen atoms in total. The number of halogens is 1. The van der Waals surface area contributed by atoms with E-state index in [1.165, 1.54) is 11.3 Å². The minimum Gasteiger partial charge on any atom is -0.371 e. The zero-order valence-electron chi connectivity index (χ0n) is 16.6. The van der Waals surface area contributed by atoms with Crippen LogP contribution < -0.4 is 15.5 Å². The minimum atomic E-state index is -0.0811. The molecule has 2 amide bonds. The highest BCUT2D eigenvalue weighted by atomic mass is 35.5. The highest BCUT2D eigenvalue weighted by Gasteiger charge is 2.29. The van der Waals surface area contributed by atoms with E-state index in [-0.39, 0.29) is 17.7 Å². The number of rotatable bonds is 6. The second kappa shape index (κ2) is 8.46. The molecular weight excluding hydrogens is 386 g/mol. The number of benzene rings is 2. The van der Waals surface area contributed by atoms with Gasteiger partial charge in [-0.15, -0.1) is 0 Å². The highest BCUT2D eigenvalue weighted by Crippen LogP contribution is 2.30. The van der Waals surface area contributed by atoms with Crippen molar-refractivity contribution in [1.82, 2.24) is 5.32 Å². The van der Waals surface area contributed by atoms with Crippen LogP contribution in [0.5, 0.6) is 0 Å². The fraction of sp³-hybridized carbons (Fsp3) is 0.391. The van der Waals surface area contributed by atoms with E-state index >= 15 is 0 Å². The summed E-state index contributed by atoms with van der Waals surface area (Å²) in [6.07, 6.45) is 2.99. The Morgan fingerprint density at radius 3 is 2.59 bits per heavy atom. The van der Waals surface area contributed by atoms with Gasteiger partial charge in [0.25, 0.3) is 5.91 Å². The van der Waals surface area contributed by atoms with Gasteiger partial charge in [-0.05, 0) is 74.1 Å². The summed E-state index contributed by atoms with van der Waals surface area (Å²) in [7, 11) is 0. The Bertz CT molecular complexity index is 909. The van der Waals surface area contributed by atoms with E-state index in [1.54, 1.807) is 24.3 Å². The molecule has 0 aromatic heterocycles. The average Bonchev–Trinajstić information content (AvgIpc) is 3.47. The summed E-state index contributed by atoms with van der Waals surface area (Å²) in [4.78, 5) is 26.6. The molecule has 1 saturated heterocycles. The van der Waals surface area contributed by atoms with Gasteiger partial charge < -0.3 is 15.5 Å². The Morgan fingerprint density at radius 1 is 1.10 bits per heavy atom. The van der Waals surface area contributed by atoms with Crippen molar-refractivity contribution >= 4 is 34.8 Å². The maximum Gasteiger partial charge on any atom is 0.251 e. The molecule has 2 aromatic rings. The van der Waals surface area contributed by atoms with Crippen LogP contribution in [0.1, 0.15) is 35.2 Å². The molecule has 0 spiro atoms. The summed E-state index contributed by atoms with van der Waals surface area (Å²) < 4.78 is 0. The molecule has 2 fully saturated rings. The lowest BCUT2D eigenvalue weighted by atomic mass is 10.1. The van der Waals surface area contributed by atoms with Crippen LogP contribution in [-0.2, 0) is 4.79 Å². The summed E-state index contributed by atoms with van der Waals surface area (Å²) >= 11 is 6.15. The maximum absolute atomic E-state index is 12.5. The summed E-state index contributed by atoms with van der Waals surface area (Å²) in [5, 5.41) is 6.69. The van der Waals surface area contributed by atoms with E-state index in [2.05, 4.69) is 22.5 Å². The normalized spacial score (nSPS) is 18.6. The second-order valence-corrected chi connectivity index (χ2v) is 8.52. The Labute approximate surface area is 176 Å². The molecule has 4 rings (SSSR count). The third-order valence-corrected chi connectivity index (χ3v) is 5.95. The van der Waals surface area contributed by atoms with Gasteiger partial charge in [-0.25, -0.2) is 0 Å². The van der Waals surface area contributed by atoms with E-state index in [4.69, 9.17) is 11.6 Å². The van der Waals surface area contributed by atoms with Crippen molar-refractivity contribution in [2.75, 3.05) is 29.9 Å². The van der Waals surface area contributed by atoms with Crippen molar-refractivity contribution in [3.05, 3.63) is 58.6 Å². The van der Waals surface area contributed by atoms with Crippen molar-refractivity contribution < 1.29 is 9.59 Å². The van der Waals surface area contributed by atoms with E-state index in [9.17, 15) is 9.59 Å². The number of hydrogen-bond acceptors (Lipinski definition) is 3. The molecular formula is C23H26ClN3O2. The van der Waals surface area contributed by atoms with Crippen molar-refractivity contribution in [3.63, 3.8) is 0 Å². The summed E-state index contributed by atoms with van der Waals surface area (Å²) in [5.41, 5.74) is 3.74. The molecule has 2 aliphatic rings. The predicted octanol–water partition coefficient (Wildman–Crippen LogP) is 4.25. The quantitative estimate of drug-likeness (QED) is 0.746. The maximum atomic E-state index is 12.5. The van der Waals surface area contributed by atoms with Gasteiger partial charge in [-0.3, -0.25) is 9.59 Å². The minimum absolute atomic E-state index is 0.0722. The largest absolute Gasteiger partial charge is 0.371 e. The first-order valence-electron chi connectivity index (χ1n) is 10.2. The smallest absolute Gasteiger partial charge is 0.251 e. The molecule has 1 unspecified atom stereocenters. The first kappa shape index (κ1) is 19.8. The number of anilines is 2. The van der Waals surface area contributed by atoms with Crippen LogP contribution in [0.4, 0.5) is 11.4 Å². The first-order chi connectivity index (χ1) is 14.0. The van der Waals surface area contributed by atoms with Gasteiger partial charge >= 0.3 is 0 Å². The summed E-state index contributed by atoms with van der Waals surface area (Å²) in [6, 6.07) is 13.1. The Balaban J connectivity index is 1.27. The number of nitrogens with zero attached hydrogens (tertiary/aromatic N) is 1. The molecule has 152 valence electrons. The van der Waals surface area contributed by atoms with Gasteiger partial charge in [-0.2, -0.15) is 0 Å². The van der Waals surface area contributed by atoms with E-state index in [0.717, 1.165) is 43.1 Å². The molecule has 6 heteroatoms. The lowest BCUT2D eigenvalue weighted by molar-refractivity contribution is -0.117. The van der Waals surface area contributed by atoms with E-state index in [1.807, 2.05) is 18.2 Å². The predicted molar refractivity (Wildman–Crippen MR) is 117 cm³/mol. The van der Waals surface area contributed by atoms with Gasteiger partial charge in [0, 0.05) is 47.5 Å². The lowest BCUT2D eigenvalue weighted by Crippen LogP contribution is -2.31. The third kappa shape index (κ3) is 4.91. The molecule has 1 aliphatic carbocycles. The molecule has 2 aromatic carbocycles. The van der Waals surface area contributed by atoms with Crippen molar-refractivity contribution in [2.24, 2.45) is 11.8 Å². The molecule has 0 bridgehead atoms. The monoisotopic (exact) mass is 411 g/mol. The molecule has 1 heterocycles. The van der Waals surface area contributed by atoms with Gasteiger partial charge in [0.2, 0.25) is 5.91 Å². The highest BCUT2D eigenvalue weighted by molar-refractivity contribution is 6.30. The molecule has 2 N–H and O–H groups in total. The van der Waals surface area contributed by atoms with Crippen LogP contribution in [0.3, 0.4) is 0 Å². The zero-order valence-corrected chi connectivity index (χ0v) is 17.3. The number of hydrogen-bond donors (Lipinski definition) is 2. The average molecular weight is 412 g/mol. The Morgan fingerprint density at radius 2 is 1.86 bits per heavy atom. The fourth-order valence-corrected chi connectivity index (χ4v) is 3.94. The third-order valence-electron chi connectivity index (χ3n) is 5.71. The van der Waals surface area contributed by atoms with Crippen molar-refractivity contribution in [2.45, 2.75) is 26.2 Å². The van der Waals surface area contributed by atoms with Crippen LogP contribution in [0.2, 0.25) is 5.02 Å². The molecule has 29 heavy (non-hydrogen) atoms. The van der Waals surface area contributed by atoms with Crippen LogP contribution in [-0.4, -0.2) is 31.4 Å². The fourth-order valence-electron chi connectivity index (χ4n) is 3.78. The number of carbonyl (C=O) groups is 2. The molecule has 1 atom stereocenters. The number of carbonyl (C=O) groups excluding carboxylic acids is 2. The van der Waals surface area contributed by atoms with E-state index < -0.39 is 0 Å². The number of aryl methyl sites for hydroxylation is 1. The van der Waals surface area contributed by atoms with Crippen LogP contribution in [0.25, 0.3) is 0 Å². The van der Waals surface area contributed by atoms with Crippen molar-refractivity contribution in [1.29, 1.82) is 0 Å². The molecule has 1 saturated carbocycles. The van der Waals surface area contributed by atoms with Crippen LogP contribution >= 0.6 is 11.6 Å². The van der Waals surface area contributed by atoms with E-state index in [0.29, 0.717) is 18.0 Å². The Kier molecular flexibility index (Phi) is 5.76. The topological polar surface area (TPSA) is 61.4 Å². The van der Waals surface area contributed by atoms with Gasteiger partial charge in [0.15, 0.2) is 0 Å². The molecule has 0 radical (unpaired) electrons. The van der Waals surface area contributed by atoms with Gasteiger partial charge in [0.05, 0.1) is 0 Å². The van der Waals surface area contributed by atoms with Gasteiger partial charge in [-0.1, -0.05) is 17.7 Å². The van der Waals surface area contributed by atoms with Crippen LogP contribution in [0, 0.1) is 18.8 Å². The second-order valence-electron chi connectivity index (χ2n) is 8.08. The first-order valence-corrected chi connectivity index (χ1v) is 10.6. The lowest BCUT2D eigenvalue weighted by Gasteiger charge is -2.21. The number of amides is 2. The molecule has 1 aliphatic heterocycles.